The fourth-order valence-electron chi connectivity index (χ4n) is 1.81. The predicted octanol–water partition coefficient (Wildman–Crippen LogP) is 5.48. The third-order valence-electron chi connectivity index (χ3n) is 2.70. The number of halogens is 4. The van der Waals surface area contributed by atoms with E-state index in [2.05, 4.69) is 6.92 Å². The molecule has 0 nitrogen and oxygen atoms in total. The summed E-state index contributed by atoms with van der Waals surface area (Å²) in [6, 6.07) is 3.97. The Kier molecular flexibility index (Phi) is 5.31. The van der Waals surface area contributed by atoms with Gasteiger partial charge in [-0.2, -0.15) is 13.2 Å². The molecule has 17 heavy (non-hydrogen) atoms. The van der Waals surface area contributed by atoms with E-state index in [0.717, 1.165) is 31.7 Å². The Morgan fingerprint density at radius 1 is 1.12 bits per heavy atom. The molecule has 0 bridgehead atoms. The Bertz CT molecular complexity index is 358. The summed E-state index contributed by atoms with van der Waals surface area (Å²) >= 11 is 5.85. The lowest BCUT2D eigenvalue weighted by Crippen LogP contribution is -2.09. The number of rotatable bonds is 5. The summed E-state index contributed by atoms with van der Waals surface area (Å²) in [5.74, 6) is 0. The smallest absolute Gasteiger partial charge is 0.166 e. The van der Waals surface area contributed by atoms with E-state index in [-0.39, 0.29) is 10.6 Å². The van der Waals surface area contributed by atoms with E-state index >= 15 is 0 Å². The van der Waals surface area contributed by atoms with Gasteiger partial charge in [0.05, 0.1) is 5.56 Å². The summed E-state index contributed by atoms with van der Waals surface area (Å²) in [6.45, 7) is 2.07. The highest BCUT2D eigenvalue weighted by Gasteiger charge is 2.33. The highest BCUT2D eigenvalue weighted by atomic mass is 35.5. The second-order valence-electron chi connectivity index (χ2n) is 4.07. The molecule has 0 fully saturated rings. The van der Waals surface area contributed by atoms with E-state index < -0.39 is 11.7 Å². The van der Waals surface area contributed by atoms with Crippen LogP contribution in [-0.2, 0) is 12.6 Å². The van der Waals surface area contributed by atoms with Gasteiger partial charge >= 0.3 is 6.18 Å². The van der Waals surface area contributed by atoms with Crippen molar-refractivity contribution in [3.8, 4) is 0 Å². The van der Waals surface area contributed by atoms with Crippen molar-refractivity contribution >= 4 is 11.6 Å². The molecule has 0 N–H and O–H groups in total. The molecule has 0 aliphatic rings. The maximum atomic E-state index is 12.7. The fourth-order valence-corrected chi connectivity index (χ4v) is 2.08. The van der Waals surface area contributed by atoms with Crippen LogP contribution in [0, 0.1) is 0 Å². The Morgan fingerprint density at radius 2 is 1.82 bits per heavy atom. The lowest BCUT2D eigenvalue weighted by molar-refractivity contribution is -0.138. The molecule has 0 aromatic heterocycles. The quantitative estimate of drug-likeness (QED) is 0.618. The summed E-state index contributed by atoms with van der Waals surface area (Å²) < 4.78 is 38.2. The zero-order valence-electron chi connectivity index (χ0n) is 9.78. The van der Waals surface area contributed by atoms with Gasteiger partial charge in [0.15, 0.2) is 0 Å². The van der Waals surface area contributed by atoms with Crippen molar-refractivity contribution in [2.45, 2.75) is 45.2 Å². The molecule has 1 aromatic carbocycles. The van der Waals surface area contributed by atoms with Gasteiger partial charge < -0.3 is 0 Å². The summed E-state index contributed by atoms with van der Waals surface area (Å²) in [6.07, 6.45) is -0.111. The molecule has 0 amide bonds. The highest BCUT2D eigenvalue weighted by molar-refractivity contribution is 6.31. The van der Waals surface area contributed by atoms with Crippen molar-refractivity contribution in [2.24, 2.45) is 0 Å². The number of hydrogen-bond acceptors (Lipinski definition) is 0. The summed E-state index contributed by atoms with van der Waals surface area (Å²) in [7, 11) is 0. The van der Waals surface area contributed by atoms with E-state index in [4.69, 9.17) is 11.6 Å². The Hall–Kier alpha value is -0.700. The lowest BCUT2D eigenvalue weighted by atomic mass is 10.0. The minimum absolute atomic E-state index is 0.219. The lowest BCUT2D eigenvalue weighted by Gasteiger charge is -2.14. The number of benzene rings is 1. The Morgan fingerprint density at radius 3 is 2.41 bits per heavy atom. The molecule has 0 saturated carbocycles. The molecular formula is C13H16ClF3. The molecule has 0 atom stereocenters. The zero-order chi connectivity index (χ0) is 12.9. The largest absolute Gasteiger partial charge is 0.416 e. The van der Waals surface area contributed by atoms with Gasteiger partial charge in [-0.3, -0.25) is 0 Å². The molecule has 4 heteroatoms. The fraction of sp³-hybridized carbons (Fsp3) is 0.538. The van der Waals surface area contributed by atoms with Gasteiger partial charge in [-0.25, -0.2) is 0 Å². The van der Waals surface area contributed by atoms with Crippen LogP contribution in [0.5, 0.6) is 0 Å². The van der Waals surface area contributed by atoms with Crippen molar-refractivity contribution in [3.05, 3.63) is 34.3 Å². The maximum Gasteiger partial charge on any atom is 0.416 e. The number of hydrogen-bond donors (Lipinski definition) is 0. The van der Waals surface area contributed by atoms with Crippen molar-refractivity contribution < 1.29 is 13.2 Å². The molecule has 0 heterocycles. The third kappa shape index (κ3) is 4.23. The van der Waals surface area contributed by atoms with Crippen LogP contribution in [-0.4, -0.2) is 0 Å². The van der Waals surface area contributed by atoms with Crippen molar-refractivity contribution in [3.63, 3.8) is 0 Å². The van der Waals surface area contributed by atoms with E-state index in [1.807, 2.05) is 0 Å². The minimum atomic E-state index is -4.31. The Balaban J connectivity index is 2.81. The SMILES string of the molecule is CCCCCCc1c(Cl)cccc1C(F)(F)F. The third-order valence-corrected chi connectivity index (χ3v) is 3.06. The zero-order valence-corrected chi connectivity index (χ0v) is 10.5. The van der Waals surface area contributed by atoms with Gasteiger partial charge in [-0.05, 0) is 30.5 Å². The van der Waals surface area contributed by atoms with E-state index in [1.54, 1.807) is 0 Å². The van der Waals surface area contributed by atoms with E-state index in [1.165, 1.54) is 12.1 Å². The molecule has 1 rings (SSSR count). The molecular weight excluding hydrogens is 249 g/mol. The van der Waals surface area contributed by atoms with Crippen LogP contribution in [0.4, 0.5) is 13.2 Å². The van der Waals surface area contributed by atoms with Crippen LogP contribution in [0.3, 0.4) is 0 Å². The summed E-state index contributed by atoms with van der Waals surface area (Å²) in [5.41, 5.74) is -0.362. The first kappa shape index (κ1) is 14.4. The van der Waals surface area contributed by atoms with Crippen molar-refractivity contribution in [2.75, 3.05) is 0 Å². The van der Waals surface area contributed by atoms with Crippen LogP contribution in [0.25, 0.3) is 0 Å². The Labute approximate surface area is 105 Å². The van der Waals surface area contributed by atoms with Crippen LogP contribution in [0.2, 0.25) is 5.02 Å². The minimum Gasteiger partial charge on any atom is -0.166 e. The first-order valence-electron chi connectivity index (χ1n) is 5.81. The first-order valence-corrected chi connectivity index (χ1v) is 6.19. The van der Waals surface area contributed by atoms with Crippen LogP contribution in [0.15, 0.2) is 18.2 Å². The standard InChI is InChI=1S/C13H16ClF3/c1-2-3-4-5-7-10-11(13(15,16)17)8-6-9-12(10)14/h6,8-9H,2-5,7H2,1H3. The highest BCUT2D eigenvalue weighted by Crippen LogP contribution is 2.35. The maximum absolute atomic E-state index is 12.7. The average molecular weight is 265 g/mol. The molecule has 0 unspecified atom stereocenters. The van der Waals surface area contributed by atoms with Gasteiger partial charge in [0.1, 0.15) is 0 Å². The molecule has 0 spiro atoms. The second kappa shape index (κ2) is 6.29. The van der Waals surface area contributed by atoms with Gasteiger partial charge in [0.2, 0.25) is 0 Å². The predicted molar refractivity (Wildman–Crippen MR) is 64.3 cm³/mol. The first-order chi connectivity index (χ1) is 7.96. The molecule has 0 radical (unpaired) electrons. The monoisotopic (exact) mass is 264 g/mol. The second-order valence-corrected chi connectivity index (χ2v) is 4.48. The molecule has 1 aromatic rings. The topological polar surface area (TPSA) is 0 Å². The van der Waals surface area contributed by atoms with Crippen molar-refractivity contribution in [1.29, 1.82) is 0 Å². The molecule has 96 valence electrons. The van der Waals surface area contributed by atoms with E-state index in [9.17, 15) is 13.2 Å². The summed E-state index contributed by atoms with van der Waals surface area (Å²) in [5, 5.41) is 0.219. The number of alkyl halides is 3. The number of unbranched alkanes of at least 4 members (excludes halogenated alkanes) is 3. The van der Waals surface area contributed by atoms with Gasteiger partial charge in [0.25, 0.3) is 0 Å². The van der Waals surface area contributed by atoms with Gasteiger partial charge in [-0.1, -0.05) is 43.9 Å². The normalized spacial score (nSPS) is 11.8. The van der Waals surface area contributed by atoms with Gasteiger partial charge in [0, 0.05) is 5.02 Å². The van der Waals surface area contributed by atoms with Crippen molar-refractivity contribution in [1.82, 2.24) is 0 Å². The van der Waals surface area contributed by atoms with E-state index in [0.29, 0.717) is 6.42 Å². The van der Waals surface area contributed by atoms with Gasteiger partial charge in [-0.15, -0.1) is 0 Å². The average Bonchev–Trinajstić information content (AvgIpc) is 2.24. The van der Waals surface area contributed by atoms with Crippen LogP contribution < -0.4 is 0 Å². The van der Waals surface area contributed by atoms with Crippen LogP contribution in [0.1, 0.15) is 43.7 Å². The summed E-state index contributed by atoms with van der Waals surface area (Å²) in [4.78, 5) is 0. The molecule has 0 saturated heterocycles. The molecule has 0 aliphatic carbocycles. The van der Waals surface area contributed by atoms with Crippen LogP contribution >= 0.6 is 11.6 Å². The molecule has 0 aliphatic heterocycles.